The quantitative estimate of drug-likeness (QED) is 0.345. The van der Waals surface area contributed by atoms with E-state index in [-0.39, 0.29) is 0 Å². The van der Waals surface area contributed by atoms with Crippen LogP contribution in [0.4, 0.5) is 0 Å². The predicted octanol–water partition coefficient (Wildman–Crippen LogP) is 4.99. The van der Waals surface area contributed by atoms with Gasteiger partial charge in [-0.15, -0.1) is 0 Å². The Balaban J connectivity index is 4.84. The second kappa shape index (κ2) is 9.42. The third-order valence-corrected chi connectivity index (χ3v) is 16.3. The predicted molar refractivity (Wildman–Crippen MR) is 108 cm³/mol. The Morgan fingerprint density at radius 3 is 1.65 bits per heavy atom. The lowest BCUT2D eigenvalue weighted by atomic mass is 10.5. The van der Waals surface area contributed by atoms with Crippen molar-refractivity contribution in [3.8, 4) is 0 Å². The van der Waals surface area contributed by atoms with Crippen LogP contribution in [-0.4, -0.2) is 47.0 Å². The van der Waals surface area contributed by atoms with Crippen LogP contribution in [0.3, 0.4) is 0 Å². The van der Waals surface area contributed by atoms with E-state index in [1.165, 1.54) is 0 Å². The molecule has 0 fully saturated rings. The first-order valence-corrected chi connectivity index (χ1v) is 20.7. The normalized spacial score (nSPS) is 16.4. The molecule has 2 radical (unpaired) electrons. The molecule has 0 aliphatic rings. The highest BCUT2D eigenvalue weighted by molar-refractivity contribution is 6.89. The van der Waals surface area contributed by atoms with Crippen LogP contribution in [0, 0.1) is 6.92 Å². The second-order valence-electron chi connectivity index (χ2n) is 8.57. The van der Waals surface area contributed by atoms with Gasteiger partial charge in [0.1, 0.15) is 0 Å². The standard InChI is InChI=1S/C15H38O4Si4/c1-11-13-16-14-12-15-23(10,18-21(5,6)7)19-22(8,9)17-20(2,3)4/h1H,11-15H2,2-10H3. The van der Waals surface area contributed by atoms with Gasteiger partial charge in [0.2, 0.25) is 0 Å². The van der Waals surface area contributed by atoms with Gasteiger partial charge in [-0.05, 0) is 84.7 Å². The smallest absolute Gasteiger partial charge is 0.315 e. The molecule has 0 rings (SSSR count). The molecule has 0 amide bonds. The molecule has 0 aromatic carbocycles. The fraction of sp³-hybridized carbons (Fsp3) is 0.933. The summed E-state index contributed by atoms with van der Waals surface area (Å²) in [5.74, 6) is 0. The van der Waals surface area contributed by atoms with Crippen molar-refractivity contribution >= 4 is 33.8 Å². The second-order valence-corrected chi connectivity index (χ2v) is 25.0. The zero-order valence-corrected chi connectivity index (χ0v) is 20.7. The van der Waals surface area contributed by atoms with Gasteiger partial charge >= 0.3 is 17.1 Å². The van der Waals surface area contributed by atoms with Crippen LogP contribution in [-0.2, 0) is 17.1 Å². The van der Waals surface area contributed by atoms with E-state index in [0.717, 1.165) is 19.1 Å². The third-order valence-electron chi connectivity index (χ3n) is 2.72. The fourth-order valence-corrected chi connectivity index (χ4v) is 20.7. The van der Waals surface area contributed by atoms with Crippen LogP contribution in [0.5, 0.6) is 0 Å². The Morgan fingerprint density at radius 2 is 1.22 bits per heavy atom. The Labute approximate surface area is 149 Å². The van der Waals surface area contributed by atoms with Crippen molar-refractivity contribution in [2.75, 3.05) is 13.2 Å². The molecule has 0 saturated heterocycles. The number of hydrogen-bond acceptors (Lipinski definition) is 4. The van der Waals surface area contributed by atoms with Crippen LogP contribution in [0.15, 0.2) is 0 Å². The molecule has 0 aromatic rings. The average Bonchev–Trinajstić information content (AvgIpc) is 2.20. The van der Waals surface area contributed by atoms with Gasteiger partial charge in [0, 0.05) is 13.2 Å². The number of ether oxygens (including phenoxy) is 1. The Morgan fingerprint density at radius 1 is 0.696 bits per heavy atom. The minimum Gasteiger partial charge on any atom is -0.437 e. The fourth-order valence-electron chi connectivity index (χ4n) is 2.73. The van der Waals surface area contributed by atoms with E-state index in [1.54, 1.807) is 0 Å². The van der Waals surface area contributed by atoms with Crippen molar-refractivity contribution < 1.29 is 17.1 Å². The lowest BCUT2D eigenvalue weighted by molar-refractivity contribution is 0.137. The van der Waals surface area contributed by atoms with Gasteiger partial charge in [0.05, 0.1) is 0 Å². The minimum absolute atomic E-state index is 0.570. The van der Waals surface area contributed by atoms with Crippen LogP contribution in [0.1, 0.15) is 12.8 Å². The highest BCUT2D eigenvalue weighted by atomic mass is 28.5. The van der Waals surface area contributed by atoms with Gasteiger partial charge in [-0.1, -0.05) is 0 Å². The van der Waals surface area contributed by atoms with Crippen molar-refractivity contribution in [2.45, 2.75) is 77.8 Å². The molecule has 0 aliphatic heterocycles. The molecule has 0 bridgehead atoms. The molecule has 0 N–H and O–H groups in total. The van der Waals surface area contributed by atoms with Gasteiger partial charge in [-0.2, -0.15) is 0 Å². The van der Waals surface area contributed by atoms with E-state index in [1.807, 2.05) is 0 Å². The molecule has 1 atom stereocenters. The maximum atomic E-state index is 6.61. The highest BCUT2D eigenvalue weighted by Crippen LogP contribution is 2.27. The molecule has 0 heterocycles. The first-order valence-electron chi connectivity index (χ1n) is 8.56. The molecule has 0 aromatic heterocycles. The largest absolute Gasteiger partial charge is 0.437 e. The van der Waals surface area contributed by atoms with Crippen molar-refractivity contribution in [1.29, 1.82) is 0 Å². The van der Waals surface area contributed by atoms with E-state index in [2.05, 4.69) is 58.9 Å². The number of rotatable bonds is 12. The zero-order valence-electron chi connectivity index (χ0n) is 16.7. The Kier molecular flexibility index (Phi) is 9.71. The minimum atomic E-state index is -2.27. The van der Waals surface area contributed by atoms with Gasteiger partial charge < -0.3 is 17.1 Å². The SMILES string of the molecule is [CH]CCOCCC[Si](C)(O[Si](C)(C)C)O[Si](C)(C)O[Si](C)(C)C. The molecule has 1 unspecified atom stereocenters. The first-order chi connectivity index (χ1) is 10.2. The Bertz CT molecular complexity index is 339. The van der Waals surface area contributed by atoms with Crippen LogP contribution in [0.2, 0.25) is 65.0 Å². The van der Waals surface area contributed by atoms with E-state index in [9.17, 15) is 0 Å². The molecule has 4 nitrogen and oxygen atoms in total. The first kappa shape index (κ1) is 23.7. The van der Waals surface area contributed by atoms with Crippen molar-refractivity contribution in [3.05, 3.63) is 6.92 Å². The molecule has 0 saturated carbocycles. The maximum absolute atomic E-state index is 6.61. The molecule has 138 valence electrons. The van der Waals surface area contributed by atoms with E-state index >= 15 is 0 Å². The van der Waals surface area contributed by atoms with Crippen molar-refractivity contribution in [1.82, 2.24) is 0 Å². The van der Waals surface area contributed by atoms with Gasteiger partial charge in [0.15, 0.2) is 16.6 Å². The summed E-state index contributed by atoms with van der Waals surface area (Å²) in [6.45, 7) is 26.6. The zero-order chi connectivity index (χ0) is 18.4. The Hall–Kier alpha value is 0.708. The number of hydrogen-bond donors (Lipinski definition) is 0. The van der Waals surface area contributed by atoms with Crippen molar-refractivity contribution in [2.24, 2.45) is 0 Å². The average molecular weight is 395 g/mol. The summed E-state index contributed by atoms with van der Waals surface area (Å²) in [5, 5.41) is 0. The summed E-state index contributed by atoms with van der Waals surface area (Å²) < 4.78 is 25.0. The lowest BCUT2D eigenvalue weighted by Gasteiger charge is -2.41. The summed E-state index contributed by atoms with van der Waals surface area (Å²) >= 11 is 0. The van der Waals surface area contributed by atoms with E-state index < -0.39 is 33.8 Å². The summed E-state index contributed by atoms with van der Waals surface area (Å²) in [4.78, 5) is 0. The molecule has 0 aliphatic carbocycles. The van der Waals surface area contributed by atoms with Crippen molar-refractivity contribution in [3.63, 3.8) is 0 Å². The van der Waals surface area contributed by atoms with E-state index in [0.29, 0.717) is 13.0 Å². The lowest BCUT2D eigenvalue weighted by Crippen LogP contribution is -2.56. The summed E-state index contributed by atoms with van der Waals surface area (Å²) in [5.41, 5.74) is 0. The topological polar surface area (TPSA) is 36.9 Å². The summed E-state index contributed by atoms with van der Waals surface area (Å²) in [7, 11) is -7.76. The maximum Gasteiger partial charge on any atom is 0.315 e. The van der Waals surface area contributed by atoms with Crippen LogP contribution < -0.4 is 0 Å². The summed E-state index contributed by atoms with van der Waals surface area (Å²) in [6, 6.07) is 0.938. The molecular weight excluding hydrogens is 357 g/mol. The molecule has 8 heteroatoms. The molecule has 0 spiro atoms. The van der Waals surface area contributed by atoms with Gasteiger partial charge in [-0.25, -0.2) is 0 Å². The molecule has 23 heavy (non-hydrogen) atoms. The monoisotopic (exact) mass is 394 g/mol. The van der Waals surface area contributed by atoms with Crippen LogP contribution >= 0.6 is 0 Å². The summed E-state index contributed by atoms with van der Waals surface area (Å²) in [6.07, 6.45) is 1.52. The van der Waals surface area contributed by atoms with E-state index in [4.69, 9.17) is 24.0 Å². The van der Waals surface area contributed by atoms with Gasteiger partial charge in [-0.3, -0.25) is 0 Å². The third kappa shape index (κ3) is 13.7. The van der Waals surface area contributed by atoms with Gasteiger partial charge in [0.25, 0.3) is 0 Å². The highest BCUT2D eigenvalue weighted by Gasteiger charge is 2.44. The van der Waals surface area contributed by atoms with Crippen LogP contribution in [0.25, 0.3) is 0 Å². The molecular formula is C15H38O4Si4.